The molecule has 2 amide bonds. The van der Waals surface area contributed by atoms with Crippen molar-refractivity contribution in [3.8, 4) is 0 Å². The zero-order valence-electron chi connectivity index (χ0n) is 14.7. The molecule has 0 spiro atoms. The standard InChI is InChI=1S/C17H22N4O5/c1-10-5-4-8-21-14(11(2)19-15(10)21)16(24)18-7-3-6-13(23)20-12(9-22)17(25)26/h4-5,8,12,22H,3,6-7,9H2,1-2H3,(H,18,24)(H,20,23)(H,25,26). The predicted octanol–water partition coefficient (Wildman–Crippen LogP) is 0.0228. The van der Waals surface area contributed by atoms with Crippen molar-refractivity contribution in [3.63, 3.8) is 0 Å². The summed E-state index contributed by atoms with van der Waals surface area (Å²) in [7, 11) is 0. The van der Waals surface area contributed by atoms with Crippen LogP contribution in [0.1, 0.15) is 34.6 Å². The Morgan fingerprint density at radius 2 is 2.04 bits per heavy atom. The molecule has 2 rings (SSSR count). The first kappa shape index (κ1) is 19.4. The van der Waals surface area contributed by atoms with Gasteiger partial charge in [-0.25, -0.2) is 9.78 Å². The third kappa shape index (κ3) is 4.37. The summed E-state index contributed by atoms with van der Waals surface area (Å²) in [6.07, 6.45) is 2.14. The van der Waals surface area contributed by atoms with E-state index in [0.29, 0.717) is 17.8 Å². The van der Waals surface area contributed by atoms with E-state index in [-0.39, 0.29) is 18.9 Å². The van der Waals surface area contributed by atoms with Gasteiger partial charge in [0.2, 0.25) is 5.91 Å². The van der Waals surface area contributed by atoms with Crippen molar-refractivity contribution in [1.29, 1.82) is 0 Å². The number of aliphatic hydroxyl groups is 1. The maximum Gasteiger partial charge on any atom is 0.328 e. The Hall–Kier alpha value is -2.94. The number of aromatic nitrogens is 2. The maximum absolute atomic E-state index is 12.4. The Morgan fingerprint density at radius 3 is 2.69 bits per heavy atom. The van der Waals surface area contributed by atoms with Crippen molar-refractivity contribution >= 4 is 23.4 Å². The number of amides is 2. The first-order chi connectivity index (χ1) is 12.3. The molecule has 0 bridgehead atoms. The van der Waals surface area contributed by atoms with Crippen LogP contribution in [0.4, 0.5) is 0 Å². The van der Waals surface area contributed by atoms with Gasteiger partial charge < -0.3 is 20.8 Å². The average molecular weight is 362 g/mol. The zero-order valence-corrected chi connectivity index (χ0v) is 14.7. The highest BCUT2D eigenvalue weighted by atomic mass is 16.4. The van der Waals surface area contributed by atoms with Crippen LogP contribution in [-0.4, -0.2) is 56.6 Å². The van der Waals surface area contributed by atoms with E-state index >= 15 is 0 Å². The Balaban J connectivity index is 1.88. The van der Waals surface area contributed by atoms with Crippen molar-refractivity contribution in [2.75, 3.05) is 13.2 Å². The van der Waals surface area contributed by atoms with E-state index in [4.69, 9.17) is 10.2 Å². The highest BCUT2D eigenvalue weighted by Gasteiger charge is 2.19. The number of carboxylic acids is 1. The molecular weight excluding hydrogens is 340 g/mol. The van der Waals surface area contributed by atoms with Crippen molar-refractivity contribution in [3.05, 3.63) is 35.3 Å². The number of hydrogen-bond acceptors (Lipinski definition) is 5. The fourth-order valence-electron chi connectivity index (χ4n) is 2.58. The number of carbonyl (C=O) groups excluding carboxylic acids is 2. The average Bonchev–Trinajstić information content (AvgIpc) is 2.93. The quantitative estimate of drug-likeness (QED) is 0.490. The number of aliphatic carboxylic acids is 1. The Morgan fingerprint density at radius 1 is 1.31 bits per heavy atom. The summed E-state index contributed by atoms with van der Waals surface area (Å²) >= 11 is 0. The summed E-state index contributed by atoms with van der Waals surface area (Å²) < 4.78 is 1.73. The van der Waals surface area contributed by atoms with Gasteiger partial charge in [0.15, 0.2) is 0 Å². The summed E-state index contributed by atoms with van der Waals surface area (Å²) in [6, 6.07) is 2.44. The number of pyridine rings is 1. The summed E-state index contributed by atoms with van der Waals surface area (Å²) in [6.45, 7) is 3.25. The molecule has 2 aromatic heterocycles. The number of nitrogens with zero attached hydrogens (tertiary/aromatic N) is 2. The fraction of sp³-hybridized carbons (Fsp3) is 0.412. The first-order valence-corrected chi connectivity index (χ1v) is 8.20. The summed E-state index contributed by atoms with van der Waals surface area (Å²) in [4.78, 5) is 39.2. The first-order valence-electron chi connectivity index (χ1n) is 8.20. The van der Waals surface area contributed by atoms with Crippen molar-refractivity contribution in [2.45, 2.75) is 32.7 Å². The van der Waals surface area contributed by atoms with E-state index in [1.54, 1.807) is 17.5 Å². The fourth-order valence-corrected chi connectivity index (χ4v) is 2.58. The second-order valence-electron chi connectivity index (χ2n) is 5.93. The molecule has 4 N–H and O–H groups in total. The van der Waals surface area contributed by atoms with Crippen LogP contribution >= 0.6 is 0 Å². The van der Waals surface area contributed by atoms with E-state index < -0.39 is 24.5 Å². The molecule has 2 aromatic rings. The minimum absolute atomic E-state index is 0.0370. The third-order valence-electron chi connectivity index (χ3n) is 3.92. The molecule has 0 aliphatic heterocycles. The topological polar surface area (TPSA) is 133 Å². The van der Waals surface area contributed by atoms with Gasteiger partial charge in [-0.3, -0.25) is 14.0 Å². The number of imidazole rings is 1. The van der Waals surface area contributed by atoms with Gasteiger partial charge in [0.25, 0.3) is 5.91 Å². The molecule has 0 aliphatic carbocycles. The number of aliphatic hydroxyl groups excluding tert-OH is 1. The van der Waals surface area contributed by atoms with Gasteiger partial charge in [-0.05, 0) is 31.9 Å². The number of nitrogens with one attached hydrogen (secondary N) is 2. The van der Waals surface area contributed by atoms with E-state index in [1.807, 2.05) is 19.1 Å². The molecule has 0 aromatic carbocycles. The molecule has 1 unspecified atom stereocenters. The van der Waals surface area contributed by atoms with Crippen LogP contribution in [0.5, 0.6) is 0 Å². The molecule has 0 aliphatic rings. The highest BCUT2D eigenvalue weighted by Crippen LogP contribution is 2.15. The number of carboxylic acid groups (broad SMARTS) is 1. The molecule has 1 atom stereocenters. The van der Waals surface area contributed by atoms with Gasteiger partial charge in [0, 0.05) is 19.2 Å². The van der Waals surface area contributed by atoms with Crippen LogP contribution in [0.2, 0.25) is 0 Å². The maximum atomic E-state index is 12.4. The molecule has 9 heteroatoms. The second-order valence-corrected chi connectivity index (χ2v) is 5.93. The van der Waals surface area contributed by atoms with Gasteiger partial charge in [0.05, 0.1) is 12.3 Å². The van der Waals surface area contributed by atoms with Crippen molar-refractivity contribution in [1.82, 2.24) is 20.0 Å². The lowest BCUT2D eigenvalue weighted by Crippen LogP contribution is -2.43. The van der Waals surface area contributed by atoms with Crippen molar-refractivity contribution < 1.29 is 24.6 Å². The molecule has 140 valence electrons. The smallest absolute Gasteiger partial charge is 0.328 e. The van der Waals surface area contributed by atoms with Gasteiger partial charge >= 0.3 is 5.97 Å². The Kier molecular flexibility index (Phi) is 6.29. The van der Waals surface area contributed by atoms with Gasteiger partial charge in [-0.2, -0.15) is 0 Å². The van der Waals surface area contributed by atoms with Gasteiger partial charge in [-0.1, -0.05) is 6.07 Å². The monoisotopic (exact) mass is 362 g/mol. The Labute approximate surface area is 150 Å². The highest BCUT2D eigenvalue weighted by molar-refractivity contribution is 5.94. The number of fused-ring (bicyclic) bond motifs is 1. The second kappa shape index (κ2) is 8.43. The van der Waals surface area contributed by atoms with Gasteiger partial charge in [-0.15, -0.1) is 0 Å². The normalized spacial score (nSPS) is 12.0. The van der Waals surface area contributed by atoms with Crippen LogP contribution in [0.3, 0.4) is 0 Å². The summed E-state index contributed by atoms with van der Waals surface area (Å²) in [5, 5.41) is 22.6. The van der Waals surface area contributed by atoms with Crippen LogP contribution in [0, 0.1) is 13.8 Å². The third-order valence-corrected chi connectivity index (χ3v) is 3.92. The molecular formula is C17H22N4O5. The molecule has 9 nitrogen and oxygen atoms in total. The lowest BCUT2D eigenvalue weighted by molar-refractivity contribution is -0.142. The zero-order chi connectivity index (χ0) is 19.3. The predicted molar refractivity (Wildman–Crippen MR) is 92.9 cm³/mol. The molecule has 0 saturated carbocycles. The number of hydrogen-bond donors (Lipinski definition) is 4. The van der Waals surface area contributed by atoms with E-state index in [0.717, 1.165) is 11.2 Å². The summed E-state index contributed by atoms with van der Waals surface area (Å²) in [5.41, 5.74) is 2.74. The van der Waals surface area contributed by atoms with E-state index in [1.165, 1.54) is 0 Å². The molecule has 0 fully saturated rings. The van der Waals surface area contributed by atoms with Gasteiger partial charge in [0.1, 0.15) is 17.4 Å². The van der Waals surface area contributed by atoms with Crippen LogP contribution in [0.25, 0.3) is 5.65 Å². The number of rotatable bonds is 8. The van der Waals surface area contributed by atoms with Crippen LogP contribution in [-0.2, 0) is 9.59 Å². The molecule has 2 heterocycles. The number of aryl methyl sites for hydroxylation is 2. The SMILES string of the molecule is Cc1nc2c(C)cccn2c1C(=O)NCCCC(=O)NC(CO)C(=O)O. The largest absolute Gasteiger partial charge is 0.480 e. The lowest BCUT2D eigenvalue weighted by atomic mass is 10.2. The molecule has 26 heavy (non-hydrogen) atoms. The molecule has 0 radical (unpaired) electrons. The van der Waals surface area contributed by atoms with E-state index in [2.05, 4.69) is 15.6 Å². The van der Waals surface area contributed by atoms with Crippen LogP contribution < -0.4 is 10.6 Å². The minimum Gasteiger partial charge on any atom is -0.480 e. The Bertz CT molecular complexity index is 830. The van der Waals surface area contributed by atoms with Crippen LogP contribution in [0.15, 0.2) is 18.3 Å². The number of carbonyl (C=O) groups is 3. The molecule has 0 saturated heterocycles. The lowest BCUT2D eigenvalue weighted by Gasteiger charge is -2.11. The minimum atomic E-state index is -1.32. The van der Waals surface area contributed by atoms with Crippen molar-refractivity contribution in [2.24, 2.45) is 0 Å². The summed E-state index contributed by atoms with van der Waals surface area (Å²) in [5.74, 6) is -2.09. The van der Waals surface area contributed by atoms with E-state index in [9.17, 15) is 14.4 Å².